The zero-order valence-electron chi connectivity index (χ0n) is 7.30. The monoisotopic (exact) mass is 145 g/mol. The predicted molar refractivity (Wildman–Crippen MR) is 53.7 cm³/mol. The summed E-state index contributed by atoms with van der Waals surface area (Å²) in [5.41, 5.74) is 2.33. The van der Waals surface area contributed by atoms with Crippen molar-refractivity contribution < 1.29 is 0 Å². The van der Waals surface area contributed by atoms with Gasteiger partial charge in [0, 0.05) is 0 Å². The van der Waals surface area contributed by atoms with Crippen molar-refractivity contribution in [3.05, 3.63) is 48.4 Å². The van der Waals surface area contributed by atoms with Crippen molar-refractivity contribution in [2.75, 3.05) is 0 Å². The molecule has 0 aromatic carbocycles. The van der Waals surface area contributed by atoms with Crippen LogP contribution in [-0.4, -0.2) is 7.28 Å². The molecular weight excluding hydrogens is 131 g/mol. The van der Waals surface area contributed by atoms with Gasteiger partial charge in [0.2, 0.25) is 0 Å². The van der Waals surface area contributed by atoms with Crippen molar-refractivity contribution >= 4 is 7.28 Å². The molecular formula is C10H14B. The molecule has 0 aliphatic heterocycles. The highest BCUT2D eigenvalue weighted by Gasteiger charge is 1.81. The quantitative estimate of drug-likeness (QED) is 0.421. The molecule has 0 N–H and O–H groups in total. The molecule has 11 heavy (non-hydrogen) atoms. The highest BCUT2D eigenvalue weighted by Crippen LogP contribution is 1.94. The normalized spacial score (nSPS) is 12.5. The average Bonchev–Trinajstić information content (AvgIpc) is 2.04. The first-order valence-electron chi connectivity index (χ1n) is 3.64. The number of rotatable bonds is 4. The third kappa shape index (κ3) is 5.47. The van der Waals surface area contributed by atoms with E-state index in [2.05, 4.69) is 13.2 Å². The van der Waals surface area contributed by atoms with E-state index in [1.807, 2.05) is 45.2 Å². The summed E-state index contributed by atoms with van der Waals surface area (Å²) in [7, 11) is 1.99. The fourth-order valence-corrected chi connectivity index (χ4v) is 0.488. The summed E-state index contributed by atoms with van der Waals surface area (Å²) in [5.74, 6) is 4.03. The molecule has 0 bridgehead atoms. The van der Waals surface area contributed by atoms with Crippen LogP contribution in [0.4, 0.5) is 0 Å². The Bertz CT molecular complexity index is 175. The Labute approximate surface area is 70.3 Å². The molecule has 0 aliphatic rings. The summed E-state index contributed by atoms with van der Waals surface area (Å²) in [5, 5.41) is 0. The van der Waals surface area contributed by atoms with Crippen molar-refractivity contribution in [3.8, 4) is 0 Å². The van der Waals surface area contributed by atoms with Crippen molar-refractivity contribution in [1.82, 2.24) is 0 Å². The fraction of sp³-hybridized carbons (Fsp3) is 0.200. The van der Waals surface area contributed by atoms with Crippen LogP contribution in [0.5, 0.6) is 0 Å². The van der Waals surface area contributed by atoms with E-state index in [9.17, 15) is 0 Å². The molecule has 0 aromatic heterocycles. The van der Waals surface area contributed by atoms with Crippen LogP contribution in [0.2, 0.25) is 0 Å². The molecule has 0 aliphatic carbocycles. The van der Waals surface area contributed by atoms with Gasteiger partial charge in [-0.05, 0) is 13.8 Å². The summed E-state index contributed by atoms with van der Waals surface area (Å²) in [6, 6.07) is 0. The maximum absolute atomic E-state index is 3.65. The van der Waals surface area contributed by atoms with Crippen LogP contribution in [-0.2, 0) is 0 Å². The Balaban J connectivity index is 3.89. The van der Waals surface area contributed by atoms with Crippen LogP contribution in [0.15, 0.2) is 48.4 Å². The molecule has 1 heteroatoms. The highest BCUT2D eigenvalue weighted by molar-refractivity contribution is 6.48. The lowest BCUT2D eigenvalue weighted by molar-refractivity contribution is 1.55. The third-order valence-corrected chi connectivity index (χ3v) is 1.36. The second-order valence-electron chi connectivity index (χ2n) is 2.42. The standard InChI is InChI=1S/C10H14B/c1-5-9(3)7-11-8-10(4)6-2/h5-8H,1-2H2,3-4H3/b9-7-,10-8+. The van der Waals surface area contributed by atoms with E-state index in [1.54, 1.807) is 0 Å². The first-order valence-corrected chi connectivity index (χ1v) is 3.64. The Morgan fingerprint density at radius 3 is 1.64 bits per heavy atom. The van der Waals surface area contributed by atoms with Gasteiger partial charge < -0.3 is 0 Å². The van der Waals surface area contributed by atoms with Crippen LogP contribution in [0.25, 0.3) is 0 Å². The maximum atomic E-state index is 3.65. The van der Waals surface area contributed by atoms with Gasteiger partial charge in [0.25, 0.3) is 0 Å². The van der Waals surface area contributed by atoms with E-state index < -0.39 is 0 Å². The summed E-state index contributed by atoms with van der Waals surface area (Å²) in [6.45, 7) is 11.3. The van der Waals surface area contributed by atoms with E-state index in [0.717, 1.165) is 11.1 Å². The molecule has 1 radical (unpaired) electrons. The van der Waals surface area contributed by atoms with Gasteiger partial charge in [-0.25, -0.2) is 0 Å². The molecule has 0 nitrogen and oxygen atoms in total. The minimum absolute atomic E-state index is 1.16. The summed E-state index contributed by atoms with van der Waals surface area (Å²) < 4.78 is 0. The Morgan fingerprint density at radius 1 is 1.00 bits per heavy atom. The van der Waals surface area contributed by atoms with Gasteiger partial charge in [0.05, 0.1) is 0 Å². The highest BCUT2D eigenvalue weighted by atomic mass is 13.8. The first-order chi connectivity index (χ1) is 5.20. The van der Waals surface area contributed by atoms with E-state index in [4.69, 9.17) is 0 Å². The van der Waals surface area contributed by atoms with E-state index in [1.165, 1.54) is 0 Å². The Hall–Kier alpha value is -0.975. The number of hydrogen-bond acceptors (Lipinski definition) is 0. The lowest BCUT2D eigenvalue weighted by atomic mass is 9.75. The molecule has 0 heterocycles. The molecule has 0 rings (SSSR count). The summed E-state index contributed by atoms with van der Waals surface area (Å²) in [4.78, 5) is 0. The Morgan fingerprint density at radius 2 is 1.36 bits per heavy atom. The van der Waals surface area contributed by atoms with E-state index in [-0.39, 0.29) is 0 Å². The van der Waals surface area contributed by atoms with Crippen molar-refractivity contribution in [1.29, 1.82) is 0 Å². The molecule has 0 fully saturated rings. The second kappa shape index (κ2) is 5.78. The van der Waals surface area contributed by atoms with Crippen LogP contribution in [0.3, 0.4) is 0 Å². The molecule has 0 amide bonds. The zero-order chi connectivity index (χ0) is 8.69. The van der Waals surface area contributed by atoms with Crippen LogP contribution in [0.1, 0.15) is 13.8 Å². The Kier molecular flexibility index (Phi) is 5.27. The lowest BCUT2D eigenvalue weighted by Crippen LogP contribution is -1.81. The SMILES string of the molecule is C=C/C(C)=C\[B]/C=C(\C)C=C. The van der Waals surface area contributed by atoms with Gasteiger partial charge in [-0.1, -0.05) is 36.5 Å². The molecule has 0 spiro atoms. The zero-order valence-corrected chi connectivity index (χ0v) is 7.30. The van der Waals surface area contributed by atoms with Crippen LogP contribution < -0.4 is 0 Å². The second-order valence-corrected chi connectivity index (χ2v) is 2.42. The lowest BCUT2D eigenvalue weighted by Gasteiger charge is -1.88. The van der Waals surface area contributed by atoms with Gasteiger partial charge >= 0.3 is 0 Å². The average molecular weight is 145 g/mol. The van der Waals surface area contributed by atoms with E-state index in [0.29, 0.717) is 0 Å². The summed E-state index contributed by atoms with van der Waals surface area (Å²) in [6.07, 6.45) is 3.65. The van der Waals surface area contributed by atoms with Gasteiger partial charge in [-0.15, -0.1) is 12.0 Å². The topological polar surface area (TPSA) is 0 Å². The van der Waals surface area contributed by atoms with E-state index >= 15 is 0 Å². The largest absolute Gasteiger partial charge is 0.171 e. The summed E-state index contributed by atoms with van der Waals surface area (Å²) >= 11 is 0. The minimum atomic E-state index is 1.16. The molecule has 0 saturated carbocycles. The molecule has 0 unspecified atom stereocenters. The fourth-order valence-electron chi connectivity index (χ4n) is 0.488. The third-order valence-electron chi connectivity index (χ3n) is 1.36. The first kappa shape index (κ1) is 10.0. The van der Waals surface area contributed by atoms with Crippen molar-refractivity contribution in [3.63, 3.8) is 0 Å². The van der Waals surface area contributed by atoms with Gasteiger partial charge in [0.15, 0.2) is 7.28 Å². The molecule has 0 aromatic rings. The smallest absolute Gasteiger partial charge is 0.114 e. The minimum Gasteiger partial charge on any atom is -0.114 e. The predicted octanol–water partition coefficient (Wildman–Crippen LogP) is 2.87. The van der Waals surface area contributed by atoms with Crippen LogP contribution >= 0.6 is 0 Å². The van der Waals surface area contributed by atoms with Crippen molar-refractivity contribution in [2.24, 2.45) is 0 Å². The van der Waals surface area contributed by atoms with Gasteiger partial charge in [-0.3, -0.25) is 0 Å². The maximum Gasteiger partial charge on any atom is 0.171 e. The van der Waals surface area contributed by atoms with Crippen LogP contribution in [0, 0.1) is 0 Å². The molecule has 0 saturated heterocycles. The van der Waals surface area contributed by atoms with Gasteiger partial charge in [-0.2, -0.15) is 0 Å². The van der Waals surface area contributed by atoms with Crippen molar-refractivity contribution in [2.45, 2.75) is 13.8 Å². The molecule has 0 atom stereocenters. The number of allylic oxidation sites excluding steroid dienone is 4. The molecule has 57 valence electrons. The van der Waals surface area contributed by atoms with Gasteiger partial charge in [0.1, 0.15) is 0 Å². The number of hydrogen-bond donors (Lipinski definition) is 0.